The molecule has 0 saturated heterocycles. The molecule has 7 nitrogen and oxygen atoms in total. The van der Waals surface area contributed by atoms with Crippen LogP contribution in [0.4, 0.5) is 5.82 Å². The Bertz CT molecular complexity index is 984. The second-order valence-electron chi connectivity index (χ2n) is 6.59. The van der Waals surface area contributed by atoms with E-state index in [1.807, 2.05) is 49.4 Å². The average molecular weight is 395 g/mol. The van der Waals surface area contributed by atoms with Crippen LogP contribution in [0.3, 0.4) is 0 Å². The Labute approximate surface area is 170 Å². The Morgan fingerprint density at radius 1 is 1.14 bits per heavy atom. The summed E-state index contributed by atoms with van der Waals surface area (Å²) in [5, 5.41) is 7.19. The monoisotopic (exact) mass is 395 g/mol. The van der Waals surface area contributed by atoms with Gasteiger partial charge in [0.1, 0.15) is 11.6 Å². The summed E-state index contributed by atoms with van der Waals surface area (Å²) in [4.78, 5) is 12.6. The third-order valence-corrected chi connectivity index (χ3v) is 4.44. The maximum Gasteiger partial charge on any atom is 0.266 e. The topological polar surface area (TPSA) is 74.6 Å². The number of para-hydroxylation sites is 1. The van der Waals surface area contributed by atoms with E-state index in [0.717, 1.165) is 11.1 Å². The Morgan fingerprint density at radius 3 is 2.66 bits per heavy atom. The second-order valence-corrected chi connectivity index (χ2v) is 6.59. The molecule has 1 atom stereocenters. The van der Waals surface area contributed by atoms with Crippen LogP contribution in [0.1, 0.15) is 18.1 Å². The van der Waals surface area contributed by atoms with Gasteiger partial charge >= 0.3 is 0 Å². The Hall–Kier alpha value is -3.48. The van der Waals surface area contributed by atoms with E-state index in [9.17, 15) is 4.79 Å². The molecule has 0 saturated carbocycles. The first-order valence-electron chi connectivity index (χ1n) is 9.27. The molecule has 1 amide bonds. The number of ether oxygens (including phenoxy) is 3. The van der Waals surface area contributed by atoms with Gasteiger partial charge in [0.25, 0.3) is 5.91 Å². The van der Waals surface area contributed by atoms with E-state index in [4.69, 9.17) is 14.2 Å². The Kier molecular flexibility index (Phi) is 6.39. The fourth-order valence-corrected chi connectivity index (χ4v) is 2.98. The summed E-state index contributed by atoms with van der Waals surface area (Å²) in [7, 11) is 3.19. The first-order valence-corrected chi connectivity index (χ1v) is 9.27. The first kappa shape index (κ1) is 20.3. The zero-order valence-electron chi connectivity index (χ0n) is 17.0. The number of methoxy groups -OCH3 is 2. The van der Waals surface area contributed by atoms with Crippen molar-refractivity contribution in [2.75, 3.05) is 19.5 Å². The second kappa shape index (κ2) is 9.14. The van der Waals surface area contributed by atoms with Crippen molar-refractivity contribution >= 4 is 11.7 Å². The maximum atomic E-state index is 12.6. The highest BCUT2D eigenvalue weighted by atomic mass is 16.5. The molecule has 3 rings (SSSR count). The van der Waals surface area contributed by atoms with Gasteiger partial charge in [-0.15, -0.1) is 0 Å². The van der Waals surface area contributed by atoms with E-state index < -0.39 is 6.10 Å². The number of rotatable bonds is 8. The molecule has 0 bridgehead atoms. The van der Waals surface area contributed by atoms with Gasteiger partial charge in [0, 0.05) is 11.6 Å². The van der Waals surface area contributed by atoms with Gasteiger partial charge in [0.05, 0.1) is 27.0 Å². The van der Waals surface area contributed by atoms with E-state index in [2.05, 4.69) is 10.4 Å². The van der Waals surface area contributed by atoms with Crippen LogP contribution in [0, 0.1) is 6.92 Å². The lowest BCUT2D eigenvalue weighted by Crippen LogP contribution is -2.31. The molecule has 29 heavy (non-hydrogen) atoms. The molecule has 0 fully saturated rings. The highest BCUT2D eigenvalue weighted by molar-refractivity contribution is 5.93. The molecule has 0 aliphatic rings. The van der Waals surface area contributed by atoms with Gasteiger partial charge in [-0.25, -0.2) is 4.68 Å². The van der Waals surface area contributed by atoms with Gasteiger partial charge in [-0.3, -0.25) is 4.79 Å². The summed E-state index contributed by atoms with van der Waals surface area (Å²) >= 11 is 0. The number of amides is 1. The highest BCUT2D eigenvalue weighted by Gasteiger charge is 2.18. The molecule has 0 spiro atoms. The maximum absolute atomic E-state index is 12.6. The lowest BCUT2D eigenvalue weighted by molar-refractivity contribution is -0.122. The predicted molar refractivity (Wildman–Crippen MR) is 111 cm³/mol. The quantitative estimate of drug-likeness (QED) is 0.630. The van der Waals surface area contributed by atoms with Crippen molar-refractivity contribution in [2.45, 2.75) is 26.5 Å². The molecule has 0 aliphatic heterocycles. The van der Waals surface area contributed by atoms with Crippen LogP contribution in [0.15, 0.2) is 54.7 Å². The van der Waals surface area contributed by atoms with Crippen LogP contribution in [-0.2, 0) is 11.3 Å². The van der Waals surface area contributed by atoms with E-state index in [0.29, 0.717) is 29.6 Å². The zero-order valence-corrected chi connectivity index (χ0v) is 17.0. The summed E-state index contributed by atoms with van der Waals surface area (Å²) in [6, 6.07) is 15.0. The van der Waals surface area contributed by atoms with Gasteiger partial charge in [-0.2, -0.15) is 5.10 Å². The normalized spacial score (nSPS) is 11.6. The van der Waals surface area contributed by atoms with Crippen molar-refractivity contribution in [1.82, 2.24) is 9.78 Å². The number of nitrogens with zero attached hydrogens (tertiary/aromatic N) is 2. The minimum absolute atomic E-state index is 0.258. The molecule has 7 heteroatoms. The Morgan fingerprint density at radius 2 is 1.93 bits per heavy atom. The lowest BCUT2D eigenvalue weighted by atomic mass is 10.2. The minimum atomic E-state index is -0.661. The molecule has 152 valence electrons. The lowest BCUT2D eigenvalue weighted by Gasteiger charge is -2.17. The Balaban J connectivity index is 1.71. The van der Waals surface area contributed by atoms with E-state index >= 15 is 0 Å². The smallest absolute Gasteiger partial charge is 0.266 e. The van der Waals surface area contributed by atoms with E-state index in [1.165, 1.54) is 0 Å². The van der Waals surface area contributed by atoms with Crippen molar-refractivity contribution in [3.63, 3.8) is 0 Å². The number of aryl methyl sites for hydroxylation is 1. The molecule has 1 unspecified atom stereocenters. The number of nitrogens with one attached hydrogen (secondary N) is 1. The molecule has 0 radical (unpaired) electrons. The largest absolute Gasteiger partial charge is 0.493 e. The molecule has 3 aromatic rings. The van der Waals surface area contributed by atoms with E-state index in [-0.39, 0.29) is 5.91 Å². The molecule has 1 aromatic heterocycles. The molecule has 1 N–H and O–H groups in total. The third-order valence-electron chi connectivity index (χ3n) is 4.44. The summed E-state index contributed by atoms with van der Waals surface area (Å²) in [5.41, 5.74) is 1.95. The van der Waals surface area contributed by atoms with E-state index in [1.54, 1.807) is 38.1 Å². The van der Waals surface area contributed by atoms with Crippen LogP contribution in [0.25, 0.3) is 0 Å². The fraction of sp³-hybridized carbons (Fsp3) is 0.273. The third kappa shape index (κ3) is 4.87. The summed E-state index contributed by atoms with van der Waals surface area (Å²) in [5.74, 6) is 2.24. The molecule has 2 aromatic carbocycles. The molecular weight excluding hydrogens is 370 g/mol. The summed E-state index contributed by atoms with van der Waals surface area (Å²) in [6.45, 7) is 4.10. The van der Waals surface area contributed by atoms with Crippen molar-refractivity contribution in [1.29, 1.82) is 0 Å². The van der Waals surface area contributed by atoms with Crippen LogP contribution in [0.2, 0.25) is 0 Å². The highest BCUT2D eigenvalue weighted by Crippen LogP contribution is 2.31. The predicted octanol–water partition coefficient (Wildman–Crippen LogP) is 3.66. The zero-order chi connectivity index (χ0) is 20.8. The number of aromatic nitrogens is 2. The number of benzene rings is 2. The number of hydrogen-bond donors (Lipinski definition) is 1. The minimum Gasteiger partial charge on any atom is -0.493 e. The molecule has 1 heterocycles. The van der Waals surface area contributed by atoms with Gasteiger partial charge in [-0.1, -0.05) is 24.3 Å². The SMILES string of the molecule is COc1cccc(Cn2nccc2NC(=O)C(C)Oc2cccc(C)c2)c1OC. The molecular formula is C22H25N3O4. The van der Waals surface area contributed by atoms with Crippen LogP contribution < -0.4 is 19.5 Å². The van der Waals surface area contributed by atoms with Gasteiger partial charge in [0.2, 0.25) is 0 Å². The number of hydrogen-bond acceptors (Lipinski definition) is 5. The molecule has 0 aliphatic carbocycles. The summed E-state index contributed by atoms with van der Waals surface area (Å²) < 4.78 is 18.3. The van der Waals surface area contributed by atoms with Crippen molar-refractivity contribution < 1.29 is 19.0 Å². The number of carbonyl (C=O) groups excluding carboxylic acids is 1. The first-order chi connectivity index (χ1) is 14.0. The average Bonchev–Trinajstić information content (AvgIpc) is 3.14. The van der Waals surface area contributed by atoms with Crippen molar-refractivity contribution in [3.05, 3.63) is 65.9 Å². The standard InChI is InChI=1S/C22H25N3O4/c1-15-7-5-9-18(13-15)29-16(2)22(26)24-20-11-12-23-25(20)14-17-8-6-10-19(27-3)21(17)28-4/h5-13,16H,14H2,1-4H3,(H,24,26). The van der Waals surface area contributed by atoms with Crippen LogP contribution in [-0.4, -0.2) is 36.0 Å². The van der Waals surface area contributed by atoms with Crippen LogP contribution >= 0.6 is 0 Å². The van der Waals surface area contributed by atoms with Gasteiger partial charge in [0.15, 0.2) is 17.6 Å². The van der Waals surface area contributed by atoms with Gasteiger partial charge < -0.3 is 19.5 Å². The van der Waals surface area contributed by atoms with Crippen LogP contribution in [0.5, 0.6) is 17.2 Å². The van der Waals surface area contributed by atoms with Gasteiger partial charge in [-0.05, 0) is 37.6 Å². The fourth-order valence-electron chi connectivity index (χ4n) is 2.98. The van der Waals surface area contributed by atoms with Crippen molar-refractivity contribution in [2.24, 2.45) is 0 Å². The summed E-state index contributed by atoms with van der Waals surface area (Å²) in [6.07, 6.45) is 0.973. The van der Waals surface area contributed by atoms with Crippen molar-refractivity contribution in [3.8, 4) is 17.2 Å². The number of anilines is 1. The number of carbonyl (C=O) groups is 1.